The van der Waals surface area contributed by atoms with E-state index in [2.05, 4.69) is 93.2 Å². The minimum absolute atomic E-state index is 0. The average Bonchev–Trinajstić information content (AvgIpc) is 3.78. The Kier molecular flexibility index (Phi) is 8.82. The SMILES string of the molecule is Cl.O=C(O[C@H]1CN[C@H](C#Cc2cc3sccc3c(Nc3ccc4c(ccn4Cc4ccccc4)c3)n2)C1)N1CCOCC1. The fourth-order valence-corrected chi connectivity index (χ4v) is 6.31. The van der Waals surface area contributed by atoms with Crippen LogP contribution in [0.1, 0.15) is 17.7 Å². The van der Waals surface area contributed by atoms with Gasteiger partial charge in [-0.15, -0.1) is 23.7 Å². The summed E-state index contributed by atoms with van der Waals surface area (Å²) in [5, 5.41) is 11.2. The number of amides is 1. The molecule has 5 heterocycles. The van der Waals surface area contributed by atoms with Gasteiger partial charge in [0.2, 0.25) is 0 Å². The van der Waals surface area contributed by atoms with Gasteiger partial charge in [0.1, 0.15) is 17.6 Å². The van der Waals surface area contributed by atoms with Gasteiger partial charge in [0.15, 0.2) is 0 Å². The average molecular weight is 614 g/mol. The number of anilines is 2. The maximum atomic E-state index is 12.4. The molecule has 43 heavy (non-hydrogen) atoms. The maximum absolute atomic E-state index is 12.4. The van der Waals surface area contributed by atoms with Crippen molar-refractivity contribution in [3.63, 3.8) is 0 Å². The lowest BCUT2D eigenvalue weighted by Gasteiger charge is -2.27. The summed E-state index contributed by atoms with van der Waals surface area (Å²) in [5.74, 6) is 7.35. The highest BCUT2D eigenvalue weighted by Crippen LogP contribution is 2.31. The Bertz CT molecular complexity index is 1790. The van der Waals surface area contributed by atoms with E-state index in [0.29, 0.717) is 45.0 Å². The number of ether oxygens (including phenoxy) is 2. The molecule has 2 N–H and O–H groups in total. The first kappa shape index (κ1) is 29.0. The van der Waals surface area contributed by atoms with Crippen LogP contribution >= 0.6 is 23.7 Å². The highest BCUT2D eigenvalue weighted by Gasteiger charge is 2.28. The van der Waals surface area contributed by atoms with Crippen LogP contribution in [-0.2, 0) is 16.0 Å². The van der Waals surface area contributed by atoms with Crippen LogP contribution in [0.25, 0.3) is 21.0 Å². The number of aromatic nitrogens is 2. The Morgan fingerprint density at radius 2 is 1.98 bits per heavy atom. The van der Waals surface area contributed by atoms with E-state index in [1.54, 1.807) is 16.2 Å². The van der Waals surface area contributed by atoms with Crippen molar-refractivity contribution in [2.75, 3.05) is 38.2 Å². The van der Waals surface area contributed by atoms with Gasteiger partial charge in [-0.2, -0.15) is 0 Å². The number of nitrogens with zero attached hydrogens (tertiary/aromatic N) is 3. The number of fused-ring (bicyclic) bond motifs is 2. The number of rotatable bonds is 5. The third kappa shape index (κ3) is 6.63. The van der Waals surface area contributed by atoms with E-state index in [-0.39, 0.29) is 30.6 Å². The monoisotopic (exact) mass is 613 g/mol. The molecule has 0 unspecified atom stereocenters. The molecule has 220 valence electrons. The van der Waals surface area contributed by atoms with Gasteiger partial charge in [-0.05, 0) is 53.3 Å². The number of morpholine rings is 1. The van der Waals surface area contributed by atoms with E-state index >= 15 is 0 Å². The Hall–Kier alpha value is -4.07. The molecule has 2 aliphatic rings. The molecule has 0 aliphatic carbocycles. The summed E-state index contributed by atoms with van der Waals surface area (Å²) in [6, 6.07) is 23.1. The number of carbonyl (C=O) groups is 1. The minimum Gasteiger partial charge on any atom is -0.445 e. The van der Waals surface area contributed by atoms with Gasteiger partial charge < -0.3 is 24.3 Å². The fraction of sp³-hybridized carbons (Fsp3) is 0.273. The van der Waals surface area contributed by atoms with E-state index < -0.39 is 0 Å². The molecule has 0 radical (unpaired) electrons. The van der Waals surface area contributed by atoms with Crippen LogP contribution in [0, 0.1) is 11.8 Å². The number of halogens is 1. The van der Waals surface area contributed by atoms with Gasteiger partial charge in [-0.1, -0.05) is 36.3 Å². The van der Waals surface area contributed by atoms with Crippen LogP contribution in [-0.4, -0.2) is 65.5 Å². The highest BCUT2D eigenvalue weighted by atomic mass is 35.5. The van der Waals surface area contributed by atoms with Crippen molar-refractivity contribution < 1.29 is 14.3 Å². The maximum Gasteiger partial charge on any atom is 0.410 e. The summed E-state index contributed by atoms with van der Waals surface area (Å²) < 4.78 is 14.4. The predicted molar refractivity (Wildman–Crippen MR) is 174 cm³/mol. The lowest BCUT2D eigenvalue weighted by Crippen LogP contribution is -2.42. The van der Waals surface area contributed by atoms with Crippen molar-refractivity contribution in [3.8, 4) is 11.8 Å². The molecular weight excluding hydrogens is 582 g/mol. The quantitative estimate of drug-likeness (QED) is 0.236. The molecule has 7 rings (SSSR count). The summed E-state index contributed by atoms with van der Waals surface area (Å²) in [4.78, 5) is 19.0. The van der Waals surface area contributed by atoms with Crippen molar-refractivity contribution in [2.45, 2.75) is 25.1 Å². The molecule has 2 aromatic carbocycles. The molecule has 0 spiro atoms. The first-order valence-corrected chi connectivity index (χ1v) is 15.1. The molecule has 10 heteroatoms. The van der Waals surface area contributed by atoms with Gasteiger partial charge >= 0.3 is 6.09 Å². The van der Waals surface area contributed by atoms with Gasteiger partial charge in [0, 0.05) is 65.5 Å². The lowest BCUT2D eigenvalue weighted by molar-refractivity contribution is 0.0156. The number of hydrogen-bond acceptors (Lipinski definition) is 7. The van der Waals surface area contributed by atoms with Gasteiger partial charge in [-0.25, -0.2) is 9.78 Å². The van der Waals surface area contributed by atoms with Crippen LogP contribution < -0.4 is 10.6 Å². The normalized spacial score (nSPS) is 18.2. The largest absolute Gasteiger partial charge is 0.445 e. The first-order valence-electron chi connectivity index (χ1n) is 14.2. The highest BCUT2D eigenvalue weighted by molar-refractivity contribution is 7.17. The molecule has 2 aliphatic heterocycles. The van der Waals surface area contributed by atoms with Gasteiger partial charge in [0.05, 0.1) is 19.3 Å². The third-order valence-electron chi connectivity index (χ3n) is 7.68. The molecular formula is C33H32ClN5O3S. The van der Waals surface area contributed by atoms with Crippen molar-refractivity contribution in [1.82, 2.24) is 19.8 Å². The molecule has 2 fully saturated rings. The molecule has 3 aromatic heterocycles. The van der Waals surface area contributed by atoms with E-state index in [1.807, 2.05) is 12.1 Å². The molecule has 2 atom stereocenters. The molecule has 0 bridgehead atoms. The number of carbonyl (C=O) groups excluding carboxylic acids is 1. The fourth-order valence-electron chi connectivity index (χ4n) is 5.48. The zero-order valence-electron chi connectivity index (χ0n) is 23.5. The first-order chi connectivity index (χ1) is 20.7. The van der Waals surface area contributed by atoms with Gasteiger partial charge in [0.25, 0.3) is 0 Å². The van der Waals surface area contributed by atoms with Gasteiger partial charge in [-0.3, -0.25) is 5.32 Å². The summed E-state index contributed by atoms with van der Waals surface area (Å²) in [7, 11) is 0. The molecule has 5 aromatic rings. The molecule has 2 saturated heterocycles. The van der Waals surface area contributed by atoms with E-state index in [4.69, 9.17) is 14.5 Å². The Morgan fingerprint density at radius 3 is 2.84 bits per heavy atom. The van der Waals surface area contributed by atoms with Crippen LogP contribution in [0.4, 0.5) is 16.3 Å². The van der Waals surface area contributed by atoms with Crippen molar-refractivity contribution in [1.29, 1.82) is 0 Å². The molecule has 0 saturated carbocycles. The Morgan fingerprint density at radius 1 is 1.12 bits per heavy atom. The number of hydrogen-bond donors (Lipinski definition) is 2. The topological polar surface area (TPSA) is 80.7 Å². The van der Waals surface area contributed by atoms with Crippen molar-refractivity contribution in [2.24, 2.45) is 0 Å². The smallest absolute Gasteiger partial charge is 0.410 e. The lowest BCUT2D eigenvalue weighted by atomic mass is 10.2. The zero-order valence-corrected chi connectivity index (χ0v) is 25.1. The second-order valence-corrected chi connectivity index (χ2v) is 11.5. The van der Waals surface area contributed by atoms with E-state index in [0.717, 1.165) is 28.1 Å². The van der Waals surface area contributed by atoms with E-state index in [1.165, 1.54) is 16.5 Å². The van der Waals surface area contributed by atoms with E-state index in [9.17, 15) is 4.79 Å². The summed E-state index contributed by atoms with van der Waals surface area (Å²) in [6.07, 6.45) is 2.32. The zero-order chi connectivity index (χ0) is 28.3. The van der Waals surface area contributed by atoms with Crippen LogP contribution in [0.15, 0.2) is 78.3 Å². The third-order valence-corrected chi connectivity index (χ3v) is 8.55. The molecule has 8 nitrogen and oxygen atoms in total. The summed E-state index contributed by atoms with van der Waals surface area (Å²) in [6.45, 7) is 3.69. The number of thiophene rings is 1. The predicted octanol–water partition coefficient (Wildman–Crippen LogP) is 6.02. The summed E-state index contributed by atoms with van der Waals surface area (Å²) in [5.41, 5.74) is 4.15. The number of pyridine rings is 1. The summed E-state index contributed by atoms with van der Waals surface area (Å²) >= 11 is 1.67. The van der Waals surface area contributed by atoms with Crippen LogP contribution in [0.5, 0.6) is 0 Å². The second kappa shape index (κ2) is 13.1. The number of benzene rings is 2. The Balaban J connectivity index is 0.00000329. The second-order valence-electron chi connectivity index (χ2n) is 10.6. The van der Waals surface area contributed by atoms with Crippen molar-refractivity contribution >= 4 is 62.3 Å². The van der Waals surface area contributed by atoms with Crippen LogP contribution in [0.2, 0.25) is 0 Å². The Labute approximate surface area is 260 Å². The van der Waals surface area contributed by atoms with Crippen LogP contribution in [0.3, 0.4) is 0 Å². The standard InChI is InChI=1S/C33H31N5O3S.ClH/c39-33(37-13-15-40-16-14-37)41-28-19-25(34-21-28)6-7-27-20-31-29(11-17-42-31)32(36-27)35-26-8-9-30-24(18-26)10-12-38(30)22-23-4-2-1-3-5-23;/h1-5,8-12,17-18,20,25,28,34H,13-16,19,21-22H2,(H,35,36);1H/t25-,28-;/m1./s1. The van der Waals surface area contributed by atoms with Crippen molar-refractivity contribution in [3.05, 3.63) is 89.6 Å². The number of nitrogens with one attached hydrogen (secondary N) is 2. The molecule has 1 amide bonds. The minimum atomic E-state index is -0.273.